The Morgan fingerprint density at radius 1 is 1.09 bits per heavy atom. The SMILES string of the molecule is Fc1ccc2c(C3=CCN(Cc4ccccc4)CC3)c[nH]c2c1. The molecule has 0 radical (unpaired) electrons. The van der Waals surface area contributed by atoms with Gasteiger partial charge in [-0.15, -0.1) is 0 Å². The molecule has 0 saturated heterocycles. The van der Waals surface area contributed by atoms with Crippen molar-refractivity contribution in [2.45, 2.75) is 13.0 Å². The Morgan fingerprint density at radius 3 is 2.74 bits per heavy atom. The van der Waals surface area contributed by atoms with E-state index >= 15 is 0 Å². The summed E-state index contributed by atoms with van der Waals surface area (Å²) < 4.78 is 13.3. The van der Waals surface area contributed by atoms with Crippen LogP contribution in [0.4, 0.5) is 4.39 Å². The summed E-state index contributed by atoms with van der Waals surface area (Å²) in [5, 5.41) is 1.11. The molecule has 3 aromatic rings. The maximum Gasteiger partial charge on any atom is 0.125 e. The van der Waals surface area contributed by atoms with Gasteiger partial charge in [0.2, 0.25) is 0 Å². The van der Waals surface area contributed by atoms with Crippen molar-refractivity contribution in [1.29, 1.82) is 0 Å². The van der Waals surface area contributed by atoms with E-state index in [0.717, 1.165) is 37.0 Å². The van der Waals surface area contributed by atoms with Gasteiger partial charge in [-0.1, -0.05) is 36.4 Å². The Labute approximate surface area is 135 Å². The molecule has 1 N–H and O–H groups in total. The molecule has 116 valence electrons. The van der Waals surface area contributed by atoms with E-state index in [9.17, 15) is 4.39 Å². The van der Waals surface area contributed by atoms with Gasteiger partial charge in [0.1, 0.15) is 5.82 Å². The Morgan fingerprint density at radius 2 is 1.96 bits per heavy atom. The summed E-state index contributed by atoms with van der Waals surface area (Å²) in [6, 6.07) is 15.5. The second-order valence-electron chi connectivity index (χ2n) is 6.09. The highest BCUT2D eigenvalue weighted by atomic mass is 19.1. The van der Waals surface area contributed by atoms with Crippen molar-refractivity contribution >= 4 is 16.5 Å². The van der Waals surface area contributed by atoms with Crippen molar-refractivity contribution in [3.05, 3.63) is 77.7 Å². The van der Waals surface area contributed by atoms with Gasteiger partial charge >= 0.3 is 0 Å². The lowest BCUT2D eigenvalue weighted by Gasteiger charge is -2.26. The van der Waals surface area contributed by atoms with E-state index in [4.69, 9.17) is 0 Å². The van der Waals surface area contributed by atoms with Gasteiger partial charge in [0.15, 0.2) is 0 Å². The van der Waals surface area contributed by atoms with Gasteiger partial charge in [-0.05, 0) is 35.8 Å². The van der Waals surface area contributed by atoms with E-state index in [0.29, 0.717) is 0 Å². The topological polar surface area (TPSA) is 19.0 Å². The van der Waals surface area contributed by atoms with Crippen LogP contribution in [0, 0.1) is 5.82 Å². The summed E-state index contributed by atoms with van der Waals surface area (Å²) in [5.41, 5.74) is 4.78. The Kier molecular flexibility index (Phi) is 3.72. The summed E-state index contributed by atoms with van der Waals surface area (Å²) in [7, 11) is 0. The average molecular weight is 306 g/mol. The third-order valence-corrected chi connectivity index (χ3v) is 4.53. The zero-order valence-corrected chi connectivity index (χ0v) is 12.9. The molecule has 2 aromatic carbocycles. The molecule has 4 rings (SSSR count). The minimum atomic E-state index is -0.197. The lowest BCUT2D eigenvalue weighted by molar-refractivity contribution is 0.294. The largest absolute Gasteiger partial charge is 0.360 e. The van der Waals surface area contributed by atoms with Gasteiger partial charge < -0.3 is 4.98 Å². The number of fused-ring (bicyclic) bond motifs is 1. The number of H-pyrrole nitrogens is 1. The number of aromatic nitrogens is 1. The summed E-state index contributed by atoms with van der Waals surface area (Å²) >= 11 is 0. The number of halogens is 1. The van der Waals surface area contributed by atoms with Crippen LogP contribution < -0.4 is 0 Å². The predicted octanol–water partition coefficient (Wildman–Crippen LogP) is 4.60. The van der Waals surface area contributed by atoms with Crippen LogP contribution in [0.1, 0.15) is 17.5 Å². The Balaban J connectivity index is 1.52. The third kappa shape index (κ3) is 2.92. The molecular formula is C20H19FN2. The molecule has 0 amide bonds. The molecule has 1 aromatic heterocycles. The van der Waals surface area contributed by atoms with Gasteiger partial charge in [0.25, 0.3) is 0 Å². The van der Waals surface area contributed by atoms with E-state index in [1.54, 1.807) is 6.07 Å². The standard InChI is InChI=1S/C20H19FN2/c21-17-6-7-18-19(13-22-20(18)12-17)16-8-10-23(11-9-16)14-15-4-2-1-3-5-15/h1-8,12-13,22H,9-11,14H2. The molecule has 1 aliphatic heterocycles. The fraction of sp³-hybridized carbons (Fsp3) is 0.200. The highest BCUT2D eigenvalue weighted by molar-refractivity contribution is 5.92. The number of hydrogen-bond acceptors (Lipinski definition) is 1. The van der Waals surface area contributed by atoms with Crippen molar-refractivity contribution in [1.82, 2.24) is 9.88 Å². The quantitative estimate of drug-likeness (QED) is 0.749. The molecular weight excluding hydrogens is 287 g/mol. The van der Waals surface area contributed by atoms with Gasteiger partial charge in [0.05, 0.1) is 0 Å². The molecule has 3 heteroatoms. The zero-order chi connectivity index (χ0) is 15.6. The maximum atomic E-state index is 13.3. The second kappa shape index (κ2) is 6.01. The molecule has 0 saturated carbocycles. The predicted molar refractivity (Wildman–Crippen MR) is 92.6 cm³/mol. The van der Waals surface area contributed by atoms with Crippen LogP contribution in [0.2, 0.25) is 0 Å². The van der Waals surface area contributed by atoms with Crippen molar-refractivity contribution in [2.75, 3.05) is 13.1 Å². The minimum absolute atomic E-state index is 0.197. The Bertz CT molecular complexity index is 848. The summed E-state index contributed by atoms with van der Waals surface area (Å²) in [6.07, 6.45) is 5.33. The highest BCUT2D eigenvalue weighted by Gasteiger charge is 2.15. The van der Waals surface area contributed by atoms with Crippen LogP contribution in [0.3, 0.4) is 0 Å². The van der Waals surface area contributed by atoms with E-state index < -0.39 is 0 Å². The third-order valence-electron chi connectivity index (χ3n) is 4.53. The van der Waals surface area contributed by atoms with E-state index in [1.807, 2.05) is 12.3 Å². The number of benzene rings is 2. The summed E-state index contributed by atoms with van der Waals surface area (Å²) in [5.74, 6) is -0.197. The van der Waals surface area contributed by atoms with E-state index in [1.165, 1.54) is 22.8 Å². The van der Waals surface area contributed by atoms with E-state index in [2.05, 4.69) is 46.3 Å². The zero-order valence-electron chi connectivity index (χ0n) is 12.9. The summed E-state index contributed by atoms with van der Waals surface area (Å²) in [6.45, 7) is 3.00. The van der Waals surface area contributed by atoms with Gasteiger partial charge in [-0.25, -0.2) is 4.39 Å². The number of hydrogen-bond donors (Lipinski definition) is 1. The normalized spacial score (nSPS) is 15.8. The second-order valence-corrected chi connectivity index (χ2v) is 6.09. The number of nitrogens with one attached hydrogen (secondary N) is 1. The first-order valence-electron chi connectivity index (χ1n) is 8.02. The fourth-order valence-electron chi connectivity index (χ4n) is 3.31. The highest BCUT2D eigenvalue weighted by Crippen LogP contribution is 2.29. The van der Waals surface area contributed by atoms with Crippen molar-refractivity contribution in [3.63, 3.8) is 0 Å². The minimum Gasteiger partial charge on any atom is -0.360 e. The first kappa shape index (κ1) is 14.2. The van der Waals surface area contributed by atoms with Crippen molar-refractivity contribution < 1.29 is 4.39 Å². The fourth-order valence-corrected chi connectivity index (χ4v) is 3.31. The number of aromatic amines is 1. The molecule has 0 unspecified atom stereocenters. The van der Waals surface area contributed by atoms with Crippen molar-refractivity contribution in [3.8, 4) is 0 Å². The van der Waals surface area contributed by atoms with Crippen LogP contribution in [-0.2, 0) is 6.54 Å². The van der Waals surface area contributed by atoms with E-state index in [-0.39, 0.29) is 5.82 Å². The first-order valence-corrected chi connectivity index (χ1v) is 8.02. The molecule has 1 aliphatic rings. The molecule has 23 heavy (non-hydrogen) atoms. The smallest absolute Gasteiger partial charge is 0.125 e. The maximum absolute atomic E-state index is 13.3. The van der Waals surface area contributed by atoms with Crippen LogP contribution in [0.5, 0.6) is 0 Å². The number of rotatable bonds is 3. The molecule has 0 aliphatic carbocycles. The lowest BCUT2D eigenvalue weighted by atomic mass is 9.98. The van der Waals surface area contributed by atoms with Crippen molar-refractivity contribution in [2.24, 2.45) is 0 Å². The van der Waals surface area contributed by atoms with Crippen LogP contribution in [-0.4, -0.2) is 23.0 Å². The molecule has 2 nitrogen and oxygen atoms in total. The number of nitrogens with zero attached hydrogens (tertiary/aromatic N) is 1. The van der Waals surface area contributed by atoms with Gasteiger partial charge in [0, 0.05) is 42.3 Å². The lowest BCUT2D eigenvalue weighted by Crippen LogP contribution is -2.27. The summed E-state index contributed by atoms with van der Waals surface area (Å²) in [4.78, 5) is 5.63. The molecule has 0 fully saturated rings. The molecule has 0 bridgehead atoms. The van der Waals surface area contributed by atoms with Gasteiger partial charge in [-0.2, -0.15) is 0 Å². The first-order chi connectivity index (χ1) is 11.3. The molecule has 0 atom stereocenters. The van der Waals surface area contributed by atoms with Crippen LogP contribution >= 0.6 is 0 Å². The van der Waals surface area contributed by atoms with Crippen LogP contribution in [0.15, 0.2) is 60.8 Å². The Hall–Kier alpha value is -2.39. The molecule has 0 spiro atoms. The van der Waals surface area contributed by atoms with Crippen LogP contribution in [0.25, 0.3) is 16.5 Å². The van der Waals surface area contributed by atoms with Gasteiger partial charge in [-0.3, -0.25) is 4.90 Å². The average Bonchev–Trinajstić information content (AvgIpc) is 2.99. The monoisotopic (exact) mass is 306 g/mol. The molecule has 2 heterocycles.